The average Bonchev–Trinajstić information content (AvgIpc) is 3.37. The molecule has 3 heterocycles. The van der Waals surface area contributed by atoms with Crippen LogP contribution in [0.2, 0.25) is 0 Å². The van der Waals surface area contributed by atoms with Gasteiger partial charge in [-0.1, -0.05) is 43.8 Å². The molecular formula is C21H24N6O2S. The fraction of sp³-hybridized carbons (Fsp3) is 0.333. The zero-order chi connectivity index (χ0) is 20.9. The van der Waals surface area contributed by atoms with Gasteiger partial charge in [-0.2, -0.15) is 5.10 Å². The zero-order valence-electron chi connectivity index (χ0n) is 17.0. The van der Waals surface area contributed by atoms with Gasteiger partial charge in [-0.25, -0.2) is 14.6 Å². The van der Waals surface area contributed by atoms with Crippen LogP contribution in [0.3, 0.4) is 0 Å². The van der Waals surface area contributed by atoms with Crippen molar-refractivity contribution in [2.75, 3.05) is 24.2 Å². The third-order valence-corrected chi connectivity index (χ3v) is 5.28. The van der Waals surface area contributed by atoms with Crippen molar-refractivity contribution in [1.29, 1.82) is 0 Å². The molecule has 0 aliphatic carbocycles. The lowest BCUT2D eigenvalue weighted by atomic mass is 10.2. The number of nitrogens with zero attached hydrogens (tertiary/aromatic N) is 4. The van der Waals surface area contributed by atoms with Crippen molar-refractivity contribution in [3.63, 3.8) is 0 Å². The van der Waals surface area contributed by atoms with Gasteiger partial charge in [0.05, 0.1) is 18.1 Å². The predicted octanol–water partition coefficient (Wildman–Crippen LogP) is 3.94. The van der Waals surface area contributed by atoms with Crippen molar-refractivity contribution in [3.05, 3.63) is 42.3 Å². The zero-order valence-corrected chi connectivity index (χ0v) is 17.8. The third-order valence-electron chi connectivity index (χ3n) is 4.55. The highest BCUT2D eigenvalue weighted by atomic mass is 32.2. The maximum absolute atomic E-state index is 12.4. The summed E-state index contributed by atoms with van der Waals surface area (Å²) in [6.45, 7) is 5.92. The first-order valence-corrected chi connectivity index (χ1v) is 11.0. The minimum atomic E-state index is -0.246. The van der Waals surface area contributed by atoms with E-state index in [9.17, 15) is 4.79 Å². The number of fused-ring (bicyclic) bond motifs is 2. The fourth-order valence-electron chi connectivity index (χ4n) is 3.13. The molecule has 9 heteroatoms. The van der Waals surface area contributed by atoms with Crippen molar-refractivity contribution in [3.8, 4) is 0 Å². The number of thioether (sulfide) groups is 1. The second-order valence-corrected chi connectivity index (χ2v) is 7.96. The number of anilines is 1. The van der Waals surface area contributed by atoms with Crippen molar-refractivity contribution < 1.29 is 9.21 Å². The lowest BCUT2D eigenvalue weighted by Crippen LogP contribution is -2.27. The molecule has 0 fully saturated rings. The molecule has 0 atom stereocenters. The molecule has 4 aromatic rings. The molecule has 0 bridgehead atoms. The molecular weight excluding hydrogens is 400 g/mol. The van der Waals surface area contributed by atoms with Gasteiger partial charge in [-0.15, -0.1) is 0 Å². The molecule has 0 spiro atoms. The first-order chi connectivity index (χ1) is 14.7. The fourth-order valence-corrected chi connectivity index (χ4v) is 3.69. The van der Waals surface area contributed by atoms with Crippen LogP contribution in [-0.4, -0.2) is 44.5 Å². The summed E-state index contributed by atoms with van der Waals surface area (Å²) < 4.78 is 7.42. The molecule has 2 N–H and O–H groups in total. The van der Waals surface area contributed by atoms with E-state index in [0.717, 1.165) is 46.1 Å². The van der Waals surface area contributed by atoms with Gasteiger partial charge in [0.15, 0.2) is 16.6 Å². The summed E-state index contributed by atoms with van der Waals surface area (Å²) in [5, 5.41) is 13.2. The second-order valence-electron chi connectivity index (χ2n) is 6.72. The standard InChI is InChI=1S/C21H24N6O2S/c1-3-9-22-18-15-13-24-27(19(15)26-21(25-18)30-4-2)11-10-23-20(28)17-12-14-7-5-6-8-16(14)29-17/h5-8,12-13H,3-4,9-11H2,1-2H3,(H,23,28)(H,22,25,26). The van der Waals surface area contributed by atoms with Gasteiger partial charge in [0.25, 0.3) is 5.91 Å². The summed E-state index contributed by atoms with van der Waals surface area (Å²) in [6, 6.07) is 9.31. The summed E-state index contributed by atoms with van der Waals surface area (Å²) >= 11 is 1.59. The average molecular weight is 425 g/mol. The summed E-state index contributed by atoms with van der Waals surface area (Å²) in [7, 11) is 0. The van der Waals surface area contributed by atoms with Crippen LogP contribution in [0.5, 0.6) is 0 Å². The third kappa shape index (κ3) is 4.25. The lowest BCUT2D eigenvalue weighted by molar-refractivity contribution is 0.0926. The Balaban J connectivity index is 1.47. The van der Waals surface area contributed by atoms with Crippen molar-refractivity contribution >= 4 is 45.5 Å². The molecule has 0 unspecified atom stereocenters. The summed E-state index contributed by atoms with van der Waals surface area (Å²) in [5.74, 6) is 1.75. The molecule has 1 aromatic carbocycles. The molecule has 3 aromatic heterocycles. The Bertz CT molecular complexity index is 1140. The maximum atomic E-state index is 12.4. The molecule has 0 aliphatic rings. The van der Waals surface area contributed by atoms with E-state index in [1.54, 1.807) is 28.7 Å². The SMILES string of the molecule is CCCNc1nc(SCC)nc2c1cnn2CCNC(=O)c1cc2ccccc2o1. The summed E-state index contributed by atoms with van der Waals surface area (Å²) in [4.78, 5) is 21.7. The molecule has 0 saturated carbocycles. The normalized spacial score (nSPS) is 11.3. The minimum Gasteiger partial charge on any atom is -0.451 e. The molecule has 1 amide bonds. The topological polar surface area (TPSA) is 97.9 Å². The first kappa shape index (κ1) is 20.2. The molecule has 0 radical (unpaired) electrons. The molecule has 30 heavy (non-hydrogen) atoms. The molecule has 0 aliphatic heterocycles. The number of furan rings is 1. The quantitative estimate of drug-likeness (QED) is 0.310. The number of benzene rings is 1. The van der Waals surface area contributed by atoms with Crippen LogP contribution in [0.1, 0.15) is 30.8 Å². The maximum Gasteiger partial charge on any atom is 0.287 e. The Hall–Kier alpha value is -3.07. The van der Waals surface area contributed by atoms with E-state index in [1.165, 1.54) is 0 Å². The Morgan fingerprint density at radius 2 is 2.07 bits per heavy atom. The first-order valence-electron chi connectivity index (χ1n) is 10.1. The van der Waals surface area contributed by atoms with E-state index in [2.05, 4.69) is 39.5 Å². The van der Waals surface area contributed by atoms with Gasteiger partial charge in [0.2, 0.25) is 0 Å². The molecule has 0 saturated heterocycles. The highest BCUT2D eigenvalue weighted by molar-refractivity contribution is 7.99. The van der Waals surface area contributed by atoms with Gasteiger partial charge in [0, 0.05) is 18.5 Å². The highest BCUT2D eigenvalue weighted by Crippen LogP contribution is 2.24. The number of hydrogen-bond donors (Lipinski definition) is 2. The monoisotopic (exact) mass is 424 g/mol. The number of amides is 1. The van der Waals surface area contributed by atoms with Crippen LogP contribution in [0, 0.1) is 0 Å². The van der Waals surface area contributed by atoms with Gasteiger partial charge >= 0.3 is 0 Å². The van der Waals surface area contributed by atoms with Crippen LogP contribution < -0.4 is 10.6 Å². The Labute approximate surface area is 178 Å². The van der Waals surface area contributed by atoms with Gasteiger partial charge in [0.1, 0.15) is 11.4 Å². The van der Waals surface area contributed by atoms with Crippen LogP contribution >= 0.6 is 11.8 Å². The number of hydrogen-bond acceptors (Lipinski definition) is 7. The van der Waals surface area contributed by atoms with Crippen LogP contribution in [0.4, 0.5) is 5.82 Å². The lowest BCUT2D eigenvalue weighted by Gasteiger charge is -2.09. The Morgan fingerprint density at radius 3 is 2.87 bits per heavy atom. The molecule has 156 valence electrons. The van der Waals surface area contributed by atoms with E-state index in [-0.39, 0.29) is 5.91 Å². The minimum absolute atomic E-state index is 0.246. The molecule has 4 rings (SSSR count). The molecule has 8 nitrogen and oxygen atoms in total. The summed E-state index contributed by atoms with van der Waals surface area (Å²) in [6.07, 6.45) is 2.78. The van der Waals surface area contributed by atoms with E-state index < -0.39 is 0 Å². The predicted molar refractivity (Wildman–Crippen MR) is 119 cm³/mol. The number of para-hydroxylation sites is 1. The van der Waals surface area contributed by atoms with E-state index in [1.807, 2.05) is 24.3 Å². The number of nitrogens with one attached hydrogen (secondary N) is 2. The number of aromatic nitrogens is 4. The van der Waals surface area contributed by atoms with Gasteiger partial charge in [-0.05, 0) is 24.3 Å². The van der Waals surface area contributed by atoms with Gasteiger partial charge < -0.3 is 15.1 Å². The number of carbonyl (C=O) groups is 1. The largest absolute Gasteiger partial charge is 0.451 e. The second kappa shape index (κ2) is 9.17. The van der Waals surface area contributed by atoms with Crippen molar-refractivity contribution in [2.24, 2.45) is 0 Å². The Morgan fingerprint density at radius 1 is 1.20 bits per heavy atom. The van der Waals surface area contributed by atoms with Gasteiger partial charge in [-0.3, -0.25) is 4.79 Å². The van der Waals surface area contributed by atoms with E-state index in [4.69, 9.17) is 4.42 Å². The van der Waals surface area contributed by atoms with Crippen LogP contribution in [0.25, 0.3) is 22.0 Å². The number of rotatable bonds is 9. The highest BCUT2D eigenvalue weighted by Gasteiger charge is 2.14. The van der Waals surface area contributed by atoms with Crippen LogP contribution in [0.15, 0.2) is 46.1 Å². The van der Waals surface area contributed by atoms with Crippen LogP contribution in [-0.2, 0) is 6.54 Å². The smallest absolute Gasteiger partial charge is 0.287 e. The summed E-state index contributed by atoms with van der Waals surface area (Å²) in [5.41, 5.74) is 1.46. The Kier molecular flexibility index (Phi) is 6.18. The van der Waals surface area contributed by atoms with Crippen molar-refractivity contribution in [1.82, 2.24) is 25.1 Å². The number of carbonyl (C=O) groups excluding carboxylic acids is 1. The van der Waals surface area contributed by atoms with E-state index in [0.29, 0.717) is 24.4 Å². The van der Waals surface area contributed by atoms with E-state index >= 15 is 0 Å². The van der Waals surface area contributed by atoms with Crippen molar-refractivity contribution in [2.45, 2.75) is 32.0 Å².